The van der Waals surface area contributed by atoms with Crippen molar-refractivity contribution < 1.29 is 9.84 Å². The SMILES string of the molecule is N#Cc1nc(-c2ccccc2)cc(OCc2ccccc2)c1O. The fourth-order valence-electron chi connectivity index (χ4n) is 2.20. The van der Waals surface area contributed by atoms with Crippen LogP contribution in [0.3, 0.4) is 0 Å². The molecule has 3 rings (SSSR count). The number of hydrogen-bond donors (Lipinski definition) is 1. The first-order valence-corrected chi connectivity index (χ1v) is 7.14. The van der Waals surface area contributed by atoms with Gasteiger partial charge in [0.05, 0.1) is 5.69 Å². The van der Waals surface area contributed by atoms with E-state index < -0.39 is 0 Å². The molecule has 0 unspecified atom stereocenters. The minimum Gasteiger partial charge on any atom is -0.502 e. The van der Waals surface area contributed by atoms with E-state index in [-0.39, 0.29) is 17.2 Å². The molecule has 2 aromatic carbocycles. The van der Waals surface area contributed by atoms with Crippen molar-refractivity contribution in [3.63, 3.8) is 0 Å². The van der Waals surface area contributed by atoms with Gasteiger partial charge in [0, 0.05) is 11.6 Å². The zero-order valence-corrected chi connectivity index (χ0v) is 12.3. The Bertz CT molecular complexity index is 840. The Labute approximate surface area is 134 Å². The molecule has 0 saturated carbocycles. The van der Waals surface area contributed by atoms with Gasteiger partial charge in [0.25, 0.3) is 0 Å². The molecule has 0 amide bonds. The van der Waals surface area contributed by atoms with Crippen LogP contribution >= 0.6 is 0 Å². The van der Waals surface area contributed by atoms with E-state index in [4.69, 9.17) is 4.74 Å². The monoisotopic (exact) mass is 302 g/mol. The Kier molecular flexibility index (Phi) is 4.21. The van der Waals surface area contributed by atoms with Crippen molar-refractivity contribution in [3.05, 3.63) is 78.0 Å². The van der Waals surface area contributed by atoms with E-state index in [9.17, 15) is 10.4 Å². The smallest absolute Gasteiger partial charge is 0.195 e. The Morgan fingerprint density at radius 3 is 2.30 bits per heavy atom. The molecule has 0 aliphatic rings. The molecule has 23 heavy (non-hydrogen) atoms. The molecule has 4 heteroatoms. The van der Waals surface area contributed by atoms with Crippen molar-refractivity contribution in [1.82, 2.24) is 4.98 Å². The molecule has 0 aliphatic heterocycles. The molecular weight excluding hydrogens is 288 g/mol. The summed E-state index contributed by atoms with van der Waals surface area (Å²) in [6, 6.07) is 22.6. The van der Waals surface area contributed by atoms with E-state index in [1.807, 2.05) is 66.7 Å². The third-order valence-electron chi connectivity index (χ3n) is 3.37. The first kappa shape index (κ1) is 14.6. The van der Waals surface area contributed by atoms with Gasteiger partial charge in [-0.1, -0.05) is 60.7 Å². The molecule has 0 bridgehead atoms. The predicted molar refractivity (Wildman–Crippen MR) is 86.8 cm³/mol. The van der Waals surface area contributed by atoms with Crippen LogP contribution in [0.2, 0.25) is 0 Å². The van der Waals surface area contributed by atoms with Crippen molar-refractivity contribution in [2.45, 2.75) is 6.61 Å². The van der Waals surface area contributed by atoms with E-state index in [1.165, 1.54) is 0 Å². The topological polar surface area (TPSA) is 66.1 Å². The molecule has 0 atom stereocenters. The van der Waals surface area contributed by atoms with Gasteiger partial charge in [-0.3, -0.25) is 0 Å². The molecule has 112 valence electrons. The fraction of sp³-hybridized carbons (Fsp3) is 0.0526. The van der Waals surface area contributed by atoms with Crippen LogP contribution in [0.15, 0.2) is 66.7 Å². The quantitative estimate of drug-likeness (QED) is 0.793. The van der Waals surface area contributed by atoms with Gasteiger partial charge in [-0.25, -0.2) is 4.98 Å². The average molecular weight is 302 g/mol. The Balaban J connectivity index is 1.94. The van der Waals surface area contributed by atoms with Crippen molar-refractivity contribution in [2.75, 3.05) is 0 Å². The maximum Gasteiger partial charge on any atom is 0.195 e. The summed E-state index contributed by atoms with van der Waals surface area (Å²) < 4.78 is 5.69. The Hall–Kier alpha value is -3.32. The van der Waals surface area contributed by atoms with E-state index in [0.29, 0.717) is 12.3 Å². The van der Waals surface area contributed by atoms with E-state index in [0.717, 1.165) is 11.1 Å². The second-order valence-electron chi connectivity index (χ2n) is 4.95. The minimum absolute atomic E-state index is 0.0468. The standard InChI is InChI=1S/C19H14N2O2/c20-12-17-19(22)18(23-13-14-7-3-1-4-8-14)11-16(21-17)15-9-5-2-6-10-15/h1-11,22H,13H2. The highest BCUT2D eigenvalue weighted by Gasteiger charge is 2.14. The van der Waals surface area contributed by atoms with Crippen molar-refractivity contribution in [1.29, 1.82) is 5.26 Å². The summed E-state index contributed by atoms with van der Waals surface area (Å²) in [4.78, 5) is 4.19. The van der Waals surface area contributed by atoms with Gasteiger partial charge in [-0.15, -0.1) is 0 Å². The molecule has 4 nitrogen and oxygen atoms in total. The summed E-state index contributed by atoms with van der Waals surface area (Å²) in [5.41, 5.74) is 2.37. The lowest BCUT2D eigenvalue weighted by Crippen LogP contribution is -1.98. The fourth-order valence-corrected chi connectivity index (χ4v) is 2.20. The van der Waals surface area contributed by atoms with E-state index in [2.05, 4.69) is 4.98 Å². The van der Waals surface area contributed by atoms with Gasteiger partial charge in [-0.05, 0) is 5.56 Å². The second kappa shape index (κ2) is 6.63. The molecule has 1 N–H and O–H groups in total. The lowest BCUT2D eigenvalue weighted by molar-refractivity contribution is 0.288. The van der Waals surface area contributed by atoms with Crippen LogP contribution in [-0.4, -0.2) is 10.1 Å². The summed E-state index contributed by atoms with van der Waals surface area (Å²) in [6.45, 7) is 0.303. The maximum absolute atomic E-state index is 10.1. The summed E-state index contributed by atoms with van der Waals surface area (Å²) in [5, 5.41) is 19.3. The van der Waals surface area contributed by atoms with Crippen molar-refractivity contribution in [3.8, 4) is 28.8 Å². The number of aromatic hydroxyl groups is 1. The molecule has 0 fully saturated rings. The number of aromatic nitrogens is 1. The zero-order chi connectivity index (χ0) is 16.1. The van der Waals surface area contributed by atoms with Crippen molar-refractivity contribution >= 4 is 0 Å². The van der Waals surface area contributed by atoms with Gasteiger partial charge >= 0.3 is 0 Å². The molecule has 0 saturated heterocycles. The number of hydrogen-bond acceptors (Lipinski definition) is 4. The molecule has 1 heterocycles. The van der Waals surface area contributed by atoms with Gasteiger partial charge in [-0.2, -0.15) is 5.26 Å². The third-order valence-corrected chi connectivity index (χ3v) is 3.37. The third kappa shape index (κ3) is 3.30. The second-order valence-corrected chi connectivity index (χ2v) is 4.95. The molecule has 3 aromatic rings. The van der Waals surface area contributed by atoms with Crippen LogP contribution in [0.1, 0.15) is 11.3 Å². The van der Waals surface area contributed by atoms with Crippen LogP contribution in [0, 0.1) is 11.3 Å². The largest absolute Gasteiger partial charge is 0.502 e. The van der Waals surface area contributed by atoms with Crippen LogP contribution in [0.5, 0.6) is 11.5 Å². The number of pyridine rings is 1. The van der Waals surface area contributed by atoms with Crippen LogP contribution < -0.4 is 4.74 Å². The van der Waals surface area contributed by atoms with Gasteiger partial charge in [0.1, 0.15) is 12.7 Å². The lowest BCUT2D eigenvalue weighted by atomic mass is 10.1. The van der Waals surface area contributed by atoms with Crippen LogP contribution in [-0.2, 0) is 6.61 Å². The van der Waals surface area contributed by atoms with Gasteiger partial charge in [0.15, 0.2) is 17.2 Å². The number of benzene rings is 2. The maximum atomic E-state index is 10.1. The molecule has 0 aliphatic carbocycles. The summed E-state index contributed by atoms with van der Waals surface area (Å²) >= 11 is 0. The Morgan fingerprint density at radius 1 is 1.00 bits per heavy atom. The van der Waals surface area contributed by atoms with Crippen LogP contribution in [0.4, 0.5) is 0 Å². The number of rotatable bonds is 4. The molecule has 0 radical (unpaired) electrons. The first-order chi connectivity index (χ1) is 11.3. The Morgan fingerprint density at radius 2 is 1.65 bits per heavy atom. The molecule has 0 spiro atoms. The van der Waals surface area contributed by atoms with E-state index in [1.54, 1.807) is 6.07 Å². The first-order valence-electron chi connectivity index (χ1n) is 7.14. The number of nitriles is 1. The highest BCUT2D eigenvalue weighted by Crippen LogP contribution is 2.33. The average Bonchev–Trinajstić information content (AvgIpc) is 2.62. The lowest BCUT2D eigenvalue weighted by Gasteiger charge is -2.11. The van der Waals surface area contributed by atoms with Crippen LogP contribution in [0.25, 0.3) is 11.3 Å². The number of nitrogens with zero attached hydrogens (tertiary/aromatic N) is 2. The molecule has 1 aromatic heterocycles. The highest BCUT2D eigenvalue weighted by molar-refractivity contribution is 5.64. The van der Waals surface area contributed by atoms with Gasteiger partial charge in [0.2, 0.25) is 0 Å². The summed E-state index contributed by atoms with van der Waals surface area (Å²) in [7, 11) is 0. The normalized spacial score (nSPS) is 10.0. The van der Waals surface area contributed by atoms with Crippen molar-refractivity contribution in [2.24, 2.45) is 0 Å². The van der Waals surface area contributed by atoms with Gasteiger partial charge < -0.3 is 9.84 Å². The minimum atomic E-state index is -0.233. The summed E-state index contributed by atoms with van der Waals surface area (Å²) in [6.07, 6.45) is 0. The molecular formula is C19H14N2O2. The number of ether oxygens (including phenoxy) is 1. The predicted octanol–water partition coefficient (Wildman–Crippen LogP) is 3.90. The summed E-state index contributed by atoms with van der Waals surface area (Å²) in [5.74, 6) is 0.0161. The zero-order valence-electron chi connectivity index (χ0n) is 12.3. The highest BCUT2D eigenvalue weighted by atomic mass is 16.5. The van der Waals surface area contributed by atoms with E-state index >= 15 is 0 Å².